The van der Waals surface area contributed by atoms with E-state index in [1.54, 1.807) is 0 Å². The van der Waals surface area contributed by atoms with E-state index >= 15 is 0 Å². The maximum absolute atomic E-state index is 11.3. The molecule has 3 nitrogen and oxygen atoms in total. The summed E-state index contributed by atoms with van der Waals surface area (Å²) in [4.78, 5) is 7.36. The molecule has 2 aliphatic rings. The molecule has 0 radical (unpaired) electrons. The van der Waals surface area contributed by atoms with E-state index in [9.17, 15) is 4.57 Å². The van der Waals surface area contributed by atoms with E-state index < -0.39 is 8.46 Å². The molecule has 2 aliphatic carbocycles. The second-order valence-corrected chi connectivity index (χ2v) is 7.27. The second-order valence-electron chi connectivity index (χ2n) is 6.46. The molecule has 0 amide bonds. The summed E-state index contributed by atoms with van der Waals surface area (Å²) < 4.78 is 11.3. The van der Waals surface area contributed by atoms with Gasteiger partial charge in [-0.2, -0.15) is 0 Å². The predicted octanol–water partition coefficient (Wildman–Crippen LogP) is 4.32. The highest BCUT2D eigenvalue weighted by atomic mass is 31.1. The van der Waals surface area contributed by atoms with Crippen LogP contribution in [0.5, 0.6) is 0 Å². The lowest BCUT2D eigenvalue weighted by atomic mass is 9.69. The molecule has 0 spiro atoms. The first-order valence-corrected chi connectivity index (χ1v) is 9.24. The molecule has 0 aromatic heterocycles. The monoisotopic (exact) mass is 292 g/mol. The second kappa shape index (κ2) is 7.85. The van der Waals surface area contributed by atoms with Crippen molar-refractivity contribution in [3.63, 3.8) is 0 Å². The molecule has 2 rings (SSSR count). The van der Waals surface area contributed by atoms with E-state index in [4.69, 9.17) is 13.1 Å². The van der Waals surface area contributed by atoms with Gasteiger partial charge in [-0.1, -0.05) is 0 Å². The van der Waals surface area contributed by atoms with Crippen LogP contribution in [-0.4, -0.2) is 18.2 Å². The molecule has 0 bridgehead atoms. The van der Waals surface area contributed by atoms with Crippen molar-refractivity contribution in [2.24, 2.45) is 17.8 Å². The van der Waals surface area contributed by atoms with E-state index in [0.29, 0.717) is 17.8 Å². The molecule has 2 fully saturated rings. The molecule has 0 aromatic rings. The first-order chi connectivity index (χ1) is 9.78. The summed E-state index contributed by atoms with van der Waals surface area (Å²) >= 11 is 0. The Morgan fingerprint density at radius 3 is 1.55 bits per heavy atom. The highest BCUT2D eigenvalue weighted by Gasteiger charge is 2.36. The summed E-state index contributed by atoms with van der Waals surface area (Å²) in [5.74, 6) is 1.97. The molecular weight excluding hydrogens is 267 g/mol. The Morgan fingerprint density at radius 2 is 1.25 bits per heavy atom. The fraction of sp³-hybridized carbons (Fsp3) is 0.875. The van der Waals surface area contributed by atoms with Crippen molar-refractivity contribution in [1.29, 1.82) is 0 Å². The Labute approximate surface area is 124 Å². The van der Waals surface area contributed by atoms with E-state index in [2.05, 4.69) is 9.69 Å². The average molecular weight is 292 g/mol. The SMILES string of the molecule is [C-]#[N+]C1CCC(C(C[PH2]=O)C2CCC([N+]#[C-])CC2)CC1. The van der Waals surface area contributed by atoms with Gasteiger partial charge >= 0.3 is 0 Å². The van der Waals surface area contributed by atoms with E-state index in [1.165, 1.54) is 0 Å². The summed E-state index contributed by atoms with van der Waals surface area (Å²) in [6.45, 7) is 14.3. The van der Waals surface area contributed by atoms with Gasteiger partial charge in [0.1, 0.15) is 0 Å². The summed E-state index contributed by atoms with van der Waals surface area (Å²) in [5.41, 5.74) is 0. The van der Waals surface area contributed by atoms with Gasteiger partial charge in [0.05, 0.1) is 8.46 Å². The van der Waals surface area contributed by atoms with E-state index in [0.717, 1.165) is 57.5 Å². The molecule has 20 heavy (non-hydrogen) atoms. The minimum absolute atomic E-state index is 0.240. The zero-order chi connectivity index (χ0) is 14.4. The standard InChI is InChI=1S/C16H25N2OP/c1-17-14-7-3-12(4-8-14)16(11-20-19)13-5-9-15(18-2)10-6-13/h12-16H,3-11,20H2. The fourth-order valence-corrected chi connectivity index (χ4v) is 5.19. The average Bonchev–Trinajstić information content (AvgIpc) is 2.53. The van der Waals surface area contributed by atoms with E-state index in [1.807, 2.05) is 0 Å². The normalized spacial score (nSPS) is 36.3. The Bertz CT molecular complexity index is 362. The van der Waals surface area contributed by atoms with Gasteiger partial charge in [0.25, 0.3) is 0 Å². The molecule has 0 N–H and O–H groups in total. The van der Waals surface area contributed by atoms with Crippen molar-refractivity contribution >= 4 is 8.46 Å². The van der Waals surface area contributed by atoms with Crippen molar-refractivity contribution < 1.29 is 4.57 Å². The van der Waals surface area contributed by atoms with Crippen LogP contribution >= 0.6 is 8.46 Å². The Balaban J connectivity index is 1.92. The smallest absolute Gasteiger partial charge is 0.223 e. The van der Waals surface area contributed by atoms with Gasteiger partial charge in [-0.15, -0.1) is 0 Å². The summed E-state index contributed by atoms with van der Waals surface area (Å²) in [6, 6.07) is 0.480. The van der Waals surface area contributed by atoms with Gasteiger partial charge in [0, 0.05) is 25.7 Å². The molecule has 0 heterocycles. The van der Waals surface area contributed by atoms with Crippen LogP contribution in [0.1, 0.15) is 51.4 Å². The van der Waals surface area contributed by atoms with Gasteiger partial charge in [-0.25, -0.2) is 13.1 Å². The summed E-state index contributed by atoms with van der Waals surface area (Å²) in [5, 5.41) is 0. The third-order valence-electron chi connectivity index (χ3n) is 5.43. The Hall–Kier alpha value is -0.790. The first-order valence-electron chi connectivity index (χ1n) is 7.95. The van der Waals surface area contributed by atoms with Crippen LogP contribution in [0.2, 0.25) is 0 Å². The molecular formula is C16H25N2OP. The number of rotatable bonds is 4. The zero-order valence-corrected chi connectivity index (χ0v) is 13.3. The van der Waals surface area contributed by atoms with Crippen molar-refractivity contribution in [2.75, 3.05) is 6.16 Å². The molecule has 2 saturated carbocycles. The van der Waals surface area contributed by atoms with Gasteiger partial charge < -0.3 is 14.3 Å². The Kier molecular flexibility index (Phi) is 6.12. The van der Waals surface area contributed by atoms with Gasteiger partial charge in [-0.05, 0) is 49.6 Å². The highest BCUT2D eigenvalue weighted by Crippen LogP contribution is 2.42. The van der Waals surface area contributed by atoms with Crippen LogP contribution < -0.4 is 0 Å². The molecule has 110 valence electrons. The highest BCUT2D eigenvalue weighted by molar-refractivity contribution is 7.23. The van der Waals surface area contributed by atoms with Crippen molar-refractivity contribution in [1.82, 2.24) is 0 Å². The maximum Gasteiger partial charge on any atom is 0.223 e. The number of nitrogens with zero attached hydrogens (tertiary/aromatic N) is 2. The molecule has 1 unspecified atom stereocenters. The molecule has 0 aromatic carbocycles. The number of hydrogen-bond acceptors (Lipinski definition) is 1. The quantitative estimate of drug-likeness (QED) is 0.560. The Morgan fingerprint density at radius 1 is 0.850 bits per heavy atom. The lowest BCUT2D eigenvalue weighted by molar-refractivity contribution is 0.158. The molecule has 4 heteroatoms. The molecule has 1 atom stereocenters. The predicted molar refractivity (Wildman–Crippen MR) is 83.4 cm³/mol. The van der Waals surface area contributed by atoms with Crippen LogP contribution in [0, 0.1) is 30.9 Å². The molecule has 0 saturated heterocycles. The minimum Gasteiger partial charge on any atom is -0.330 e. The van der Waals surface area contributed by atoms with Crippen LogP contribution in [-0.2, 0) is 4.57 Å². The lowest BCUT2D eigenvalue weighted by Crippen LogP contribution is -2.32. The summed E-state index contributed by atoms with van der Waals surface area (Å²) in [6.07, 6.45) is 9.65. The largest absolute Gasteiger partial charge is 0.330 e. The van der Waals surface area contributed by atoms with Gasteiger partial charge in [0.15, 0.2) is 0 Å². The van der Waals surface area contributed by atoms with Crippen LogP contribution in [0.25, 0.3) is 9.69 Å². The van der Waals surface area contributed by atoms with Crippen molar-refractivity contribution in [3.8, 4) is 0 Å². The minimum atomic E-state index is -0.663. The van der Waals surface area contributed by atoms with Crippen LogP contribution in [0.15, 0.2) is 0 Å². The van der Waals surface area contributed by atoms with E-state index in [-0.39, 0.29) is 12.1 Å². The number of hydrogen-bond donors (Lipinski definition) is 0. The third kappa shape index (κ3) is 3.86. The van der Waals surface area contributed by atoms with Gasteiger partial charge in [0.2, 0.25) is 12.1 Å². The molecule has 0 aliphatic heterocycles. The fourth-order valence-electron chi connectivity index (χ4n) is 4.20. The topological polar surface area (TPSA) is 25.8 Å². The van der Waals surface area contributed by atoms with Crippen LogP contribution in [0.3, 0.4) is 0 Å². The zero-order valence-electron chi connectivity index (χ0n) is 12.1. The van der Waals surface area contributed by atoms with Crippen molar-refractivity contribution in [3.05, 3.63) is 22.8 Å². The van der Waals surface area contributed by atoms with Gasteiger partial charge in [-0.3, -0.25) is 0 Å². The third-order valence-corrected chi connectivity index (χ3v) is 6.16. The first kappa shape index (κ1) is 15.6. The van der Waals surface area contributed by atoms with Crippen LogP contribution in [0.4, 0.5) is 0 Å². The maximum atomic E-state index is 11.3. The summed E-state index contributed by atoms with van der Waals surface area (Å²) in [7, 11) is -0.663. The lowest BCUT2D eigenvalue weighted by Gasteiger charge is -2.37. The van der Waals surface area contributed by atoms with Crippen molar-refractivity contribution in [2.45, 2.75) is 63.5 Å².